The van der Waals surface area contributed by atoms with Crippen molar-refractivity contribution in [3.05, 3.63) is 29.8 Å². The van der Waals surface area contributed by atoms with Crippen LogP contribution in [0.3, 0.4) is 0 Å². The zero-order valence-corrected chi connectivity index (χ0v) is 13.2. The van der Waals surface area contributed by atoms with Crippen molar-refractivity contribution >= 4 is 10.0 Å². The molecular formula is C15H23NO4S. The van der Waals surface area contributed by atoms with Gasteiger partial charge < -0.3 is 9.84 Å². The molecule has 0 saturated carbocycles. The van der Waals surface area contributed by atoms with E-state index in [1.54, 1.807) is 31.3 Å². The zero-order valence-electron chi connectivity index (χ0n) is 12.4. The molecule has 6 heteroatoms. The summed E-state index contributed by atoms with van der Waals surface area (Å²) in [7, 11) is -1.84. The van der Waals surface area contributed by atoms with Gasteiger partial charge in [0.25, 0.3) is 0 Å². The van der Waals surface area contributed by atoms with Crippen LogP contribution in [0.4, 0.5) is 0 Å². The summed E-state index contributed by atoms with van der Waals surface area (Å²) in [5.74, 6) is 0.271. The molecule has 1 aromatic rings. The van der Waals surface area contributed by atoms with E-state index in [9.17, 15) is 8.42 Å². The van der Waals surface area contributed by atoms with E-state index in [1.807, 2.05) is 0 Å². The Hall–Kier alpha value is -0.950. The maximum Gasteiger partial charge on any atom is 0.242 e. The highest BCUT2D eigenvalue weighted by Gasteiger charge is 2.25. The van der Waals surface area contributed by atoms with Crippen molar-refractivity contribution in [3.8, 4) is 0 Å². The molecule has 1 fully saturated rings. The van der Waals surface area contributed by atoms with Crippen LogP contribution in [0, 0.1) is 5.92 Å². The Morgan fingerprint density at radius 3 is 2.62 bits per heavy atom. The van der Waals surface area contributed by atoms with E-state index in [0.29, 0.717) is 24.5 Å². The summed E-state index contributed by atoms with van der Waals surface area (Å²) in [6.45, 7) is 1.96. The Morgan fingerprint density at radius 2 is 2.05 bits per heavy atom. The minimum absolute atomic E-state index is 0.0632. The smallest absolute Gasteiger partial charge is 0.242 e. The number of aliphatic hydroxyl groups excluding tert-OH is 1. The second-order valence-electron chi connectivity index (χ2n) is 5.49. The molecule has 2 rings (SSSR count). The number of benzene rings is 1. The van der Waals surface area contributed by atoms with Crippen LogP contribution in [-0.2, 0) is 21.2 Å². The first-order chi connectivity index (χ1) is 10.0. The van der Waals surface area contributed by atoms with Gasteiger partial charge in [-0.15, -0.1) is 0 Å². The van der Waals surface area contributed by atoms with Gasteiger partial charge in [0.05, 0.1) is 11.5 Å². The summed E-state index contributed by atoms with van der Waals surface area (Å²) in [6, 6.07) is 6.71. The van der Waals surface area contributed by atoms with Crippen LogP contribution in [0.25, 0.3) is 0 Å². The van der Waals surface area contributed by atoms with Crippen LogP contribution in [0.1, 0.15) is 18.4 Å². The fraction of sp³-hybridized carbons (Fsp3) is 0.600. The van der Waals surface area contributed by atoms with Gasteiger partial charge in [-0.05, 0) is 42.9 Å². The lowest BCUT2D eigenvalue weighted by molar-refractivity contribution is 0.0495. The summed E-state index contributed by atoms with van der Waals surface area (Å²) in [6.07, 6.45) is 2.54. The number of sulfonamides is 1. The molecule has 1 N–H and O–H groups in total. The van der Waals surface area contributed by atoms with E-state index in [1.165, 1.54) is 4.31 Å². The maximum absolute atomic E-state index is 12.5. The lowest BCUT2D eigenvalue weighted by Gasteiger charge is -2.26. The van der Waals surface area contributed by atoms with Crippen LogP contribution in [0.2, 0.25) is 0 Å². The third kappa shape index (κ3) is 4.26. The van der Waals surface area contributed by atoms with Gasteiger partial charge in [0.1, 0.15) is 0 Å². The molecule has 1 unspecified atom stereocenters. The monoisotopic (exact) mass is 313 g/mol. The molecule has 0 amide bonds. The van der Waals surface area contributed by atoms with Gasteiger partial charge in [0, 0.05) is 26.8 Å². The molecule has 1 aliphatic rings. The molecule has 118 valence electrons. The number of ether oxygens (including phenoxy) is 1. The molecule has 1 heterocycles. The minimum atomic E-state index is -3.45. The first-order valence-corrected chi connectivity index (χ1v) is 8.72. The van der Waals surface area contributed by atoms with Crippen molar-refractivity contribution in [3.63, 3.8) is 0 Å². The van der Waals surface area contributed by atoms with Crippen LogP contribution >= 0.6 is 0 Å². The van der Waals surface area contributed by atoms with Gasteiger partial charge >= 0.3 is 0 Å². The van der Waals surface area contributed by atoms with Crippen molar-refractivity contribution < 1.29 is 18.3 Å². The highest BCUT2D eigenvalue weighted by molar-refractivity contribution is 7.89. The van der Waals surface area contributed by atoms with Crippen LogP contribution < -0.4 is 0 Å². The first-order valence-electron chi connectivity index (χ1n) is 7.28. The molecule has 0 aliphatic carbocycles. The second kappa shape index (κ2) is 7.35. The Kier molecular flexibility index (Phi) is 5.75. The predicted octanol–water partition coefficient (Wildman–Crippen LogP) is 1.27. The van der Waals surface area contributed by atoms with Crippen molar-refractivity contribution in [1.82, 2.24) is 4.31 Å². The Balaban J connectivity index is 2.05. The van der Waals surface area contributed by atoms with Gasteiger partial charge in [-0.3, -0.25) is 0 Å². The molecule has 0 bridgehead atoms. The summed E-state index contributed by atoms with van der Waals surface area (Å²) in [4.78, 5) is 0.295. The average Bonchev–Trinajstić information content (AvgIpc) is 2.49. The Morgan fingerprint density at radius 1 is 1.33 bits per heavy atom. The number of nitrogens with zero attached hydrogens (tertiary/aromatic N) is 1. The molecule has 0 spiro atoms. The quantitative estimate of drug-likeness (QED) is 0.859. The number of hydrogen-bond donors (Lipinski definition) is 1. The maximum atomic E-state index is 12.5. The number of hydrogen-bond acceptors (Lipinski definition) is 4. The highest BCUT2D eigenvalue weighted by atomic mass is 32.2. The zero-order chi connectivity index (χ0) is 15.3. The summed E-state index contributed by atoms with van der Waals surface area (Å²) in [5.41, 5.74) is 0.930. The molecule has 1 saturated heterocycles. The van der Waals surface area contributed by atoms with Gasteiger partial charge in [0.15, 0.2) is 0 Å². The van der Waals surface area contributed by atoms with Crippen LogP contribution in [0.15, 0.2) is 29.2 Å². The largest absolute Gasteiger partial charge is 0.396 e. The van der Waals surface area contributed by atoms with Gasteiger partial charge in [-0.2, -0.15) is 0 Å². The third-order valence-electron chi connectivity index (χ3n) is 3.80. The first kappa shape index (κ1) is 16.4. The van der Waals surface area contributed by atoms with E-state index in [0.717, 1.165) is 25.0 Å². The van der Waals surface area contributed by atoms with E-state index in [-0.39, 0.29) is 12.5 Å². The van der Waals surface area contributed by atoms with Crippen molar-refractivity contribution in [1.29, 1.82) is 0 Å². The number of rotatable bonds is 6. The predicted molar refractivity (Wildman–Crippen MR) is 80.6 cm³/mol. The normalized spacial score (nSPS) is 19.9. The molecule has 0 aromatic heterocycles. The van der Waals surface area contributed by atoms with Crippen LogP contribution in [-0.4, -0.2) is 51.2 Å². The molecular weight excluding hydrogens is 290 g/mol. The van der Waals surface area contributed by atoms with Crippen LogP contribution in [0.5, 0.6) is 0 Å². The molecule has 5 nitrogen and oxygen atoms in total. The highest BCUT2D eigenvalue weighted by Crippen LogP contribution is 2.20. The lowest BCUT2D eigenvalue weighted by atomic mass is 10.0. The standard InChI is InChI=1S/C15H23NO4S/c1-16(11-14-3-2-10-20-12-14)21(18,19)15-6-4-13(5-7-15)8-9-17/h4-7,14,17H,2-3,8-12H2,1H3. The van der Waals surface area contributed by atoms with E-state index >= 15 is 0 Å². The molecule has 1 atom stereocenters. The lowest BCUT2D eigenvalue weighted by Crippen LogP contribution is -2.35. The Labute approximate surface area is 126 Å². The summed E-state index contributed by atoms with van der Waals surface area (Å²) < 4.78 is 31.8. The Bertz CT molecular complexity index is 535. The molecule has 0 radical (unpaired) electrons. The second-order valence-corrected chi connectivity index (χ2v) is 7.53. The van der Waals surface area contributed by atoms with Gasteiger partial charge in [-0.25, -0.2) is 12.7 Å². The van der Waals surface area contributed by atoms with Crippen molar-refractivity contribution in [2.45, 2.75) is 24.2 Å². The van der Waals surface area contributed by atoms with Crippen molar-refractivity contribution in [2.75, 3.05) is 33.4 Å². The fourth-order valence-electron chi connectivity index (χ4n) is 2.55. The number of aliphatic hydroxyl groups is 1. The summed E-state index contributed by atoms with van der Waals surface area (Å²) in [5, 5.41) is 8.88. The van der Waals surface area contributed by atoms with Crippen molar-refractivity contribution in [2.24, 2.45) is 5.92 Å². The topological polar surface area (TPSA) is 66.8 Å². The van der Waals surface area contributed by atoms with E-state index in [2.05, 4.69) is 0 Å². The van der Waals surface area contributed by atoms with Gasteiger partial charge in [0.2, 0.25) is 10.0 Å². The summed E-state index contributed by atoms with van der Waals surface area (Å²) >= 11 is 0. The average molecular weight is 313 g/mol. The SMILES string of the molecule is CN(CC1CCCOC1)S(=O)(=O)c1ccc(CCO)cc1. The van der Waals surface area contributed by atoms with Gasteiger partial charge in [-0.1, -0.05) is 12.1 Å². The molecule has 21 heavy (non-hydrogen) atoms. The minimum Gasteiger partial charge on any atom is -0.396 e. The third-order valence-corrected chi connectivity index (χ3v) is 5.64. The van der Waals surface area contributed by atoms with E-state index < -0.39 is 10.0 Å². The molecule has 1 aromatic carbocycles. The molecule has 1 aliphatic heterocycles. The fourth-order valence-corrected chi connectivity index (χ4v) is 3.80. The van der Waals surface area contributed by atoms with E-state index in [4.69, 9.17) is 9.84 Å².